The number of hydrogen-bond acceptors (Lipinski definition) is 4. The zero-order valence-corrected chi connectivity index (χ0v) is 17.5. The van der Waals surface area contributed by atoms with E-state index < -0.39 is 0 Å². The molecule has 0 aliphatic carbocycles. The standard InChI is InChI=1S/C23H29FN4O/c1-15(2)27-12-10-18(11-13-27)22-25-16(3)20-8-9-21(29)28(23(20)26-22)14-17-4-6-19(24)7-5-17/h4-7,15,18H,8-14H2,1-3H3. The number of hydrogen-bond donors (Lipinski definition) is 0. The van der Waals surface area contributed by atoms with Gasteiger partial charge in [-0.15, -0.1) is 0 Å². The van der Waals surface area contributed by atoms with Crippen LogP contribution in [0.5, 0.6) is 0 Å². The van der Waals surface area contributed by atoms with Gasteiger partial charge in [0.15, 0.2) is 0 Å². The number of rotatable bonds is 4. The van der Waals surface area contributed by atoms with Crippen molar-refractivity contribution in [3.05, 3.63) is 52.7 Å². The van der Waals surface area contributed by atoms with Gasteiger partial charge in [-0.2, -0.15) is 0 Å². The number of aromatic nitrogens is 2. The molecular weight excluding hydrogens is 367 g/mol. The van der Waals surface area contributed by atoms with E-state index in [4.69, 9.17) is 9.97 Å². The van der Waals surface area contributed by atoms with Crippen molar-refractivity contribution in [1.29, 1.82) is 0 Å². The minimum absolute atomic E-state index is 0.0699. The average molecular weight is 397 g/mol. The Labute approximate surface area is 172 Å². The predicted molar refractivity (Wildman–Crippen MR) is 111 cm³/mol. The summed E-state index contributed by atoms with van der Waals surface area (Å²) in [4.78, 5) is 26.7. The van der Waals surface area contributed by atoms with Gasteiger partial charge in [0.05, 0.1) is 6.54 Å². The fourth-order valence-electron chi connectivity index (χ4n) is 4.40. The van der Waals surface area contributed by atoms with Crippen LogP contribution in [0.2, 0.25) is 0 Å². The molecule has 154 valence electrons. The number of amides is 1. The number of benzene rings is 1. The van der Waals surface area contributed by atoms with E-state index in [1.807, 2.05) is 6.92 Å². The molecule has 2 aliphatic rings. The van der Waals surface area contributed by atoms with Crippen LogP contribution in [0, 0.1) is 12.7 Å². The lowest BCUT2D eigenvalue weighted by atomic mass is 9.94. The fourth-order valence-corrected chi connectivity index (χ4v) is 4.40. The van der Waals surface area contributed by atoms with Gasteiger partial charge in [0.1, 0.15) is 17.5 Å². The van der Waals surface area contributed by atoms with Crippen molar-refractivity contribution in [1.82, 2.24) is 14.9 Å². The van der Waals surface area contributed by atoms with Crippen molar-refractivity contribution >= 4 is 11.7 Å². The third-order valence-corrected chi connectivity index (χ3v) is 6.23. The molecule has 1 fully saturated rings. The Balaban J connectivity index is 1.62. The Morgan fingerprint density at radius 3 is 2.45 bits per heavy atom. The first-order chi connectivity index (χ1) is 13.9. The third kappa shape index (κ3) is 4.17. The molecule has 2 aromatic rings. The maximum Gasteiger partial charge on any atom is 0.228 e. The first kappa shape index (κ1) is 20.0. The lowest BCUT2D eigenvalue weighted by Crippen LogP contribution is -2.39. The number of likely N-dealkylation sites (tertiary alicyclic amines) is 1. The van der Waals surface area contributed by atoms with E-state index in [9.17, 15) is 9.18 Å². The molecule has 1 aromatic carbocycles. The average Bonchev–Trinajstić information content (AvgIpc) is 2.71. The first-order valence-corrected chi connectivity index (χ1v) is 10.6. The van der Waals surface area contributed by atoms with Crippen molar-refractivity contribution < 1.29 is 9.18 Å². The largest absolute Gasteiger partial charge is 0.301 e. The molecule has 3 heterocycles. The molecule has 0 atom stereocenters. The predicted octanol–water partition coefficient (Wildman–Crippen LogP) is 3.99. The second-order valence-corrected chi connectivity index (χ2v) is 8.48. The lowest BCUT2D eigenvalue weighted by Gasteiger charge is -2.35. The van der Waals surface area contributed by atoms with Crippen LogP contribution < -0.4 is 4.90 Å². The number of aryl methyl sites for hydroxylation is 1. The molecular formula is C23H29FN4O. The van der Waals surface area contributed by atoms with Crippen molar-refractivity contribution in [3.63, 3.8) is 0 Å². The SMILES string of the molecule is Cc1nc(C2CCN(C(C)C)CC2)nc2c1CCC(=O)N2Cc1ccc(F)cc1. The molecule has 1 amide bonds. The second kappa shape index (κ2) is 8.19. The van der Waals surface area contributed by atoms with Crippen LogP contribution in [0.25, 0.3) is 0 Å². The Morgan fingerprint density at radius 2 is 1.79 bits per heavy atom. The smallest absolute Gasteiger partial charge is 0.228 e. The van der Waals surface area contributed by atoms with Gasteiger partial charge in [-0.05, 0) is 70.8 Å². The molecule has 1 aromatic heterocycles. The molecule has 0 radical (unpaired) electrons. The van der Waals surface area contributed by atoms with Crippen molar-refractivity contribution in [2.75, 3.05) is 18.0 Å². The number of fused-ring (bicyclic) bond motifs is 1. The van der Waals surface area contributed by atoms with E-state index in [0.29, 0.717) is 31.3 Å². The van der Waals surface area contributed by atoms with Gasteiger partial charge >= 0.3 is 0 Å². The van der Waals surface area contributed by atoms with E-state index >= 15 is 0 Å². The van der Waals surface area contributed by atoms with Crippen LogP contribution in [0.1, 0.15) is 61.7 Å². The summed E-state index contributed by atoms with van der Waals surface area (Å²) in [7, 11) is 0. The molecule has 29 heavy (non-hydrogen) atoms. The zero-order chi connectivity index (χ0) is 20.5. The van der Waals surface area contributed by atoms with Crippen LogP contribution in [-0.2, 0) is 17.8 Å². The molecule has 0 spiro atoms. The summed E-state index contributed by atoms with van der Waals surface area (Å²) in [5, 5.41) is 0. The summed E-state index contributed by atoms with van der Waals surface area (Å²) in [6.45, 7) is 9.02. The van der Waals surface area contributed by atoms with Crippen LogP contribution in [0.4, 0.5) is 10.2 Å². The Bertz CT molecular complexity index is 888. The van der Waals surface area contributed by atoms with Gasteiger partial charge < -0.3 is 4.90 Å². The topological polar surface area (TPSA) is 49.3 Å². The van der Waals surface area contributed by atoms with Crippen LogP contribution >= 0.6 is 0 Å². The maximum atomic E-state index is 13.3. The number of carbonyl (C=O) groups is 1. The fraction of sp³-hybridized carbons (Fsp3) is 0.522. The molecule has 4 rings (SSSR count). The summed E-state index contributed by atoms with van der Waals surface area (Å²) >= 11 is 0. The van der Waals surface area contributed by atoms with Crippen molar-refractivity contribution in [2.24, 2.45) is 0 Å². The molecule has 1 saturated heterocycles. The molecule has 6 heteroatoms. The van der Waals surface area contributed by atoms with Crippen molar-refractivity contribution in [2.45, 2.75) is 65.0 Å². The summed E-state index contributed by atoms with van der Waals surface area (Å²) in [5.41, 5.74) is 2.94. The Morgan fingerprint density at radius 1 is 1.10 bits per heavy atom. The van der Waals surface area contributed by atoms with E-state index in [-0.39, 0.29) is 11.7 Å². The minimum atomic E-state index is -0.271. The van der Waals surface area contributed by atoms with Gasteiger partial charge in [-0.3, -0.25) is 9.69 Å². The van der Waals surface area contributed by atoms with E-state index in [1.165, 1.54) is 12.1 Å². The second-order valence-electron chi connectivity index (χ2n) is 8.48. The van der Waals surface area contributed by atoms with Gasteiger partial charge in [-0.1, -0.05) is 12.1 Å². The molecule has 0 saturated carbocycles. The van der Waals surface area contributed by atoms with E-state index in [0.717, 1.165) is 54.4 Å². The van der Waals surface area contributed by atoms with Crippen molar-refractivity contribution in [3.8, 4) is 0 Å². The lowest BCUT2D eigenvalue weighted by molar-refractivity contribution is -0.119. The zero-order valence-electron chi connectivity index (χ0n) is 17.5. The van der Waals surface area contributed by atoms with Gasteiger partial charge in [-0.25, -0.2) is 14.4 Å². The summed E-state index contributed by atoms with van der Waals surface area (Å²) in [5.74, 6) is 1.74. The molecule has 0 N–H and O–H groups in total. The summed E-state index contributed by atoms with van der Waals surface area (Å²) in [6.07, 6.45) is 3.24. The van der Waals surface area contributed by atoms with Crippen LogP contribution in [0.15, 0.2) is 24.3 Å². The number of halogens is 1. The summed E-state index contributed by atoms with van der Waals surface area (Å²) < 4.78 is 13.3. The third-order valence-electron chi connectivity index (χ3n) is 6.23. The first-order valence-electron chi connectivity index (χ1n) is 10.6. The van der Waals surface area contributed by atoms with E-state index in [2.05, 4.69) is 18.7 Å². The van der Waals surface area contributed by atoms with Crippen LogP contribution in [0.3, 0.4) is 0 Å². The molecule has 0 unspecified atom stereocenters. The maximum absolute atomic E-state index is 13.3. The number of piperidine rings is 1. The molecule has 5 nitrogen and oxygen atoms in total. The number of carbonyl (C=O) groups excluding carboxylic acids is 1. The van der Waals surface area contributed by atoms with Gasteiger partial charge in [0.25, 0.3) is 0 Å². The number of nitrogens with zero attached hydrogens (tertiary/aromatic N) is 4. The quantitative estimate of drug-likeness (QED) is 0.784. The van der Waals surface area contributed by atoms with Gasteiger partial charge in [0.2, 0.25) is 5.91 Å². The highest BCUT2D eigenvalue weighted by Gasteiger charge is 2.31. The molecule has 2 aliphatic heterocycles. The van der Waals surface area contributed by atoms with E-state index in [1.54, 1.807) is 17.0 Å². The minimum Gasteiger partial charge on any atom is -0.301 e. The highest BCUT2D eigenvalue weighted by atomic mass is 19.1. The Kier molecular flexibility index (Phi) is 5.63. The highest BCUT2D eigenvalue weighted by Crippen LogP contribution is 2.33. The normalized spacial score (nSPS) is 18.4. The highest BCUT2D eigenvalue weighted by molar-refractivity contribution is 5.95. The van der Waals surface area contributed by atoms with Crippen LogP contribution in [-0.4, -0.2) is 39.9 Å². The van der Waals surface area contributed by atoms with Gasteiger partial charge in [0, 0.05) is 29.6 Å². The Hall–Kier alpha value is -2.34. The molecule has 0 bridgehead atoms. The number of anilines is 1. The monoisotopic (exact) mass is 396 g/mol. The summed E-state index contributed by atoms with van der Waals surface area (Å²) in [6, 6.07) is 6.89.